The van der Waals surface area contributed by atoms with Gasteiger partial charge in [-0.2, -0.15) is 0 Å². The van der Waals surface area contributed by atoms with Crippen LogP contribution in [0.5, 0.6) is 5.75 Å². The number of hydrogen-bond acceptors (Lipinski definition) is 3. The van der Waals surface area contributed by atoms with Crippen LogP contribution in [0.4, 0.5) is 10.1 Å². The number of rotatable bonds is 5. The van der Waals surface area contributed by atoms with Crippen molar-refractivity contribution < 1.29 is 14.1 Å². The van der Waals surface area contributed by atoms with Crippen molar-refractivity contribution in [1.82, 2.24) is 0 Å². The van der Waals surface area contributed by atoms with E-state index in [4.69, 9.17) is 4.74 Å². The van der Waals surface area contributed by atoms with Gasteiger partial charge in [-0.3, -0.25) is 10.1 Å². The van der Waals surface area contributed by atoms with Crippen LogP contribution in [0.25, 0.3) is 0 Å². The maximum atomic E-state index is 13.4. The number of ether oxygens (including phenoxy) is 1. The Kier molecular flexibility index (Phi) is 4.68. The summed E-state index contributed by atoms with van der Waals surface area (Å²) in [6.07, 6.45) is 0.336. The van der Waals surface area contributed by atoms with Gasteiger partial charge in [-0.05, 0) is 18.2 Å². The summed E-state index contributed by atoms with van der Waals surface area (Å²) in [6.45, 7) is 0.165. The van der Waals surface area contributed by atoms with Gasteiger partial charge in [-0.25, -0.2) is 4.39 Å². The molecule has 2 aromatic rings. The predicted molar refractivity (Wildman–Crippen MR) is 76.4 cm³/mol. The largest absolute Gasteiger partial charge is 0.490 e. The molecule has 2 aromatic carbocycles. The van der Waals surface area contributed by atoms with E-state index >= 15 is 0 Å². The molecule has 0 atom stereocenters. The van der Waals surface area contributed by atoms with Crippen molar-refractivity contribution in [3.63, 3.8) is 0 Å². The first kappa shape index (κ1) is 14.5. The normalized spacial score (nSPS) is 10.3. The van der Waals surface area contributed by atoms with Crippen LogP contribution in [0.1, 0.15) is 5.56 Å². The van der Waals surface area contributed by atoms with Crippen molar-refractivity contribution in [3.05, 3.63) is 68.4 Å². The van der Waals surface area contributed by atoms with Gasteiger partial charge in [0.25, 0.3) is 5.69 Å². The minimum atomic E-state index is -0.462. The van der Waals surface area contributed by atoms with Crippen molar-refractivity contribution in [2.24, 2.45) is 0 Å². The standard InChI is InChI=1S/C14H11BrFNO3/c15-11-5-6-12(16)14(9-11)20-8-7-10-3-1-2-4-13(10)17(18)19/h1-6,9H,7-8H2. The maximum absolute atomic E-state index is 13.4. The van der Waals surface area contributed by atoms with Crippen LogP contribution in [0, 0.1) is 15.9 Å². The van der Waals surface area contributed by atoms with Gasteiger partial charge in [-0.15, -0.1) is 0 Å². The Morgan fingerprint density at radius 2 is 2.00 bits per heavy atom. The lowest BCUT2D eigenvalue weighted by Gasteiger charge is -2.08. The molecule has 0 aliphatic rings. The summed E-state index contributed by atoms with van der Waals surface area (Å²) < 4.78 is 19.5. The second kappa shape index (κ2) is 6.47. The Labute approximate surface area is 123 Å². The molecule has 0 radical (unpaired) electrons. The number of benzene rings is 2. The highest BCUT2D eigenvalue weighted by Gasteiger charge is 2.12. The average molecular weight is 340 g/mol. The minimum absolute atomic E-state index is 0.0471. The SMILES string of the molecule is O=[N+]([O-])c1ccccc1CCOc1cc(Br)ccc1F. The van der Waals surface area contributed by atoms with E-state index in [1.807, 2.05) is 0 Å². The van der Waals surface area contributed by atoms with E-state index in [-0.39, 0.29) is 18.0 Å². The molecule has 0 heterocycles. The first-order valence-corrected chi connectivity index (χ1v) is 6.67. The lowest BCUT2D eigenvalue weighted by atomic mass is 10.1. The number of hydrogen-bond donors (Lipinski definition) is 0. The van der Waals surface area contributed by atoms with Gasteiger partial charge in [0.1, 0.15) is 0 Å². The van der Waals surface area contributed by atoms with Crippen molar-refractivity contribution in [2.75, 3.05) is 6.61 Å². The summed E-state index contributed by atoms with van der Waals surface area (Å²) in [5, 5.41) is 10.9. The Hall–Kier alpha value is -1.95. The summed E-state index contributed by atoms with van der Waals surface area (Å²) in [7, 11) is 0. The Bertz CT molecular complexity index is 634. The highest BCUT2D eigenvalue weighted by molar-refractivity contribution is 9.10. The third-order valence-corrected chi connectivity index (χ3v) is 3.20. The number of nitro groups is 1. The van der Waals surface area contributed by atoms with Crippen molar-refractivity contribution in [2.45, 2.75) is 6.42 Å². The van der Waals surface area contributed by atoms with Gasteiger partial charge in [-0.1, -0.05) is 34.1 Å². The third-order valence-electron chi connectivity index (χ3n) is 2.71. The monoisotopic (exact) mass is 339 g/mol. The highest BCUT2D eigenvalue weighted by atomic mass is 79.9. The Balaban J connectivity index is 2.03. The summed E-state index contributed by atoms with van der Waals surface area (Å²) in [6, 6.07) is 10.8. The Morgan fingerprint density at radius 1 is 1.25 bits per heavy atom. The zero-order valence-electron chi connectivity index (χ0n) is 10.4. The fraction of sp³-hybridized carbons (Fsp3) is 0.143. The molecule has 0 saturated heterocycles. The van der Waals surface area contributed by atoms with Crippen LogP contribution in [0.15, 0.2) is 46.9 Å². The van der Waals surface area contributed by atoms with Crippen molar-refractivity contribution in [3.8, 4) is 5.75 Å². The minimum Gasteiger partial charge on any atom is -0.490 e. The van der Waals surface area contributed by atoms with E-state index in [2.05, 4.69) is 15.9 Å². The molecule has 0 unspecified atom stereocenters. The zero-order valence-corrected chi connectivity index (χ0v) is 12.0. The third kappa shape index (κ3) is 3.54. The second-order valence-corrected chi connectivity index (χ2v) is 4.97. The molecule has 0 bridgehead atoms. The topological polar surface area (TPSA) is 52.4 Å². The Morgan fingerprint density at radius 3 is 2.75 bits per heavy atom. The van der Waals surface area contributed by atoms with E-state index in [0.717, 1.165) is 0 Å². The lowest BCUT2D eigenvalue weighted by Crippen LogP contribution is -2.05. The fourth-order valence-electron chi connectivity index (χ4n) is 1.76. The van der Waals surface area contributed by atoms with Gasteiger partial charge >= 0.3 is 0 Å². The highest BCUT2D eigenvalue weighted by Crippen LogP contribution is 2.23. The quantitative estimate of drug-likeness (QED) is 0.608. The molecule has 104 valence electrons. The molecule has 0 aliphatic heterocycles. The van der Waals surface area contributed by atoms with Gasteiger partial charge in [0.15, 0.2) is 11.6 Å². The second-order valence-electron chi connectivity index (χ2n) is 4.06. The van der Waals surface area contributed by atoms with Crippen molar-refractivity contribution in [1.29, 1.82) is 0 Å². The smallest absolute Gasteiger partial charge is 0.272 e. The summed E-state index contributed by atoms with van der Waals surface area (Å²) >= 11 is 3.23. The molecule has 4 nitrogen and oxygen atoms in total. The summed E-state index contributed by atoms with van der Waals surface area (Å²) in [4.78, 5) is 10.4. The van der Waals surface area contributed by atoms with Crippen LogP contribution in [-0.4, -0.2) is 11.5 Å². The average Bonchev–Trinajstić information content (AvgIpc) is 2.43. The van der Waals surface area contributed by atoms with Crippen LogP contribution < -0.4 is 4.74 Å². The van der Waals surface area contributed by atoms with Gasteiger partial charge in [0.05, 0.1) is 11.5 Å². The molecule has 6 heteroatoms. The lowest BCUT2D eigenvalue weighted by molar-refractivity contribution is -0.385. The van der Waals surface area contributed by atoms with Crippen LogP contribution >= 0.6 is 15.9 Å². The van der Waals surface area contributed by atoms with E-state index in [9.17, 15) is 14.5 Å². The first-order chi connectivity index (χ1) is 9.58. The van der Waals surface area contributed by atoms with Gasteiger partial charge in [0, 0.05) is 22.5 Å². The number of para-hydroxylation sites is 1. The first-order valence-electron chi connectivity index (χ1n) is 5.88. The van der Waals surface area contributed by atoms with E-state index in [0.29, 0.717) is 16.5 Å². The number of nitrogens with zero attached hydrogens (tertiary/aromatic N) is 1. The van der Waals surface area contributed by atoms with Gasteiger partial charge in [0.2, 0.25) is 0 Å². The summed E-state index contributed by atoms with van der Waals surface area (Å²) in [5.41, 5.74) is 0.610. The van der Waals surface area contributed by atoms with Crippen LogP contribution in [-0.2, 0) is 6.42 Å². The number of nitro benzene ring substituents is 1. The van der Waals surface area contributed by atoms with E-state index < -0.39 is 10.7 Å². The van der Waals surface area contributed by atoms with Crippen molar-refractivity contribution >= 4 is 21.6 Å². The van der Waals surface area contributed by atoms with Crippen LogP contribution in [0.3, 0.4) is 0 Å². The van der Waals surface area contributed by atoms with Gasteiger partial charge < -0.3 is 4.74 Å². The summed E-state index contributed by atoms with van der Waals surface area (Å²) in [5.74, 6) is -0.339. The molecule has 2 rings (SSSR count). The molecular weight excluding hydrogens is 329 g/mol. The molecule has 0 amide bonds. The molecule has 20 heavy (non-hydrogen) atoms. The molecule has 0 saturated carbocycles. The zero-order chi connectivity index (χ0) is 14.5. The van der Waals surface area contributed by atoms with Crippen LogP contribution in [0.2, 0.25) is 0 Å². The van der Waals surface area contributed by atoms with E-state index in [1.165, 1.54) is 18.2 Å². The number of halogens is 2. The molecule has 0 aromatic heterocycles. The molecule has 0 fully saturated rings. The predicted octanol–water partition coefficient (Wildman–Crippen LogP) is 4.12. The maximum Gasteiger partial charge on any atom is 0.272 e. The molecular formula is C14H11BrFNO3. The molecule has 0 aliphatic carbocycles. The molecule has 0 N–H and O–H groups in total. The fourth-order valence-corrected chi connectivity index (χ4v) is 2.10. The van der Waals surface area contributed by atoms with E-state index in [1.54, 1.807) is 24.3 Å². The molecule has 0 spiro atoms.